The van der Waals surface area contributed by atoms with Crippen molar-refractivity contribution in [2.75, 3.05) is 0 Å². The molecule has 3 rings (SSSR count). The van der Waals surface area contributed by atoms with E-state index in [0.29, 0.717) is 5.75 Å². The minimum Gasteiger partial charge on any atom is -0.507 e. The normalized spacial score (nSPS) is 11.0. The van der Waals surface area contributed by atoms with Crippen molar-refractivity contribution in [2.24, 2.45) is 0 Å². The maximum Gasteiger partial charge on any atom is 0.125 e. The Labute approximate surface area is 116 Å². The van der Waals surface area contributed by atoms with Crippen LogP contribution in [0.25, 0.3) is 10.9 Å². The minimum absolute atomic E-state index is 0.333. The maximum absolute atomic E-state index is 9.94. The summed E-state index contributed by atoms with van der Waals surface area (Å²) < 4.78 is 0. The van der Waals surface area contributed by atoms with E-state index in [4.69, 9.17) is 11.6 Å². The second-order valence-corrected chi connectivity index (χ2v) is 5.12. The molecule has 3 heteroatoms. The van der Waals surface area contributed by atoms with E-state index in [9.17, 15) is 5.11 Å². The van der Waals surface area contributed by atoms with E-state index in [1.54, 1.807) is 0 Å². The van der Waals surface area contributed by atoms with Crippen LogP contribution in [0, 0.1) is 0 Å². The van der Waals surface area contributed by atoms with Crippen molar-refractivity contribution in [2.45, 2.75) is 12.8 Å². The van der Waals surface area contributed by atoms with Gasteiger partial charge in [0.05, 0.1) is 0 Å². The zero-order valence-electron chi connectivity index (χ0n) is 10.4. The molecular formula is C16H14ClNO. The Hall–Kier alpha value is -1.93. The second kappa shape index (κ2) is 4.98. The predicted octanol–water partition coefficient (Wildman–Crippen LogP) is 4.31. The van der Waals surface area contributed by atoms with Crippen molar-refractivity contribution in [1.82, 2.24) is 4.98 Å². The van der Waals surface area contributed by atoms with Gasteiger partial charge < -0.3 is 10.1 Å². The van der Waals surface area contributed by atoms with Crippen molar-refractivity contribution in [3.8, 4) is 5.75 Å². The monoisotopic (exact) mass is 271 g/mol. The Kier molecular flexibility index (Phi) is 3.18. The zero-order valence-corrected chi connectivity index (χ0v) is 11.1. The molecule has 2 N–H and O–H groups in total. The van der Waals surface area contributed by atoms with Crippen LogP contribution in [0.1, 0.15) is 11.1 Å². The van der Waals surface area contributed by atoms with Gasteiger partial charge in [0, 0.05) is 22.1 Å². The van der Waals surface area contributed by atoms with Crippen molar-refractivity contribution in [1.29, 1.82) is 0 Å². The fourth-order valence-electron chi connectivity index (χ4n) is 2.33. The lowest BCUT2D eigenvalue weighted by atomic mass is 10.0. The minimum atomic E-state index is 0.333. The maximum atomic E-state index is 9.94. The van der Waals surface area contributed by atoms with Crippen LogP contribution in [-0.4, -0.2) is 10.1 Å². The SMILES string of the molecule is Oc1cc(CCc2cccc(Cl)c2)cc2[nH]ccc12. The molecule has 0 aliphatic rings. The van der Waals surface area contributed by atoms with E-state index in [0.717, 1.165) is 34.3 Å². The summed E-state index contributed by atoms with van der Waals surface area (Å²) in [4.78, 5) is 3.13. The average molecular weight is 272 g/mol. The highest BCUT2D eigenvalue weighted by atomic mass is 35.5. The Morgan fingerprint density at radius 2 is 1.84 bits per heavy atom. The third-order valence-corrected chi connectivity index (χ3v) is 3.53. The Bertz CT molecular complexity index is 718. The van der Waals surface area contributed by atoms with Crippen LogP contribution in [0.4, 0.5) is 0 Å². The van der Waals surface area contributed by atoms with Crippen LogP contribution < -0.4 is 0 Å². The molecule has 0 aliphatic heterocycles. The van der Waals surface area contributed by atoms with Gasteiger partial charge >= 0.3 is 0 Å². The standard InChI is InChI=1S/C16H14ClNO/c17-13-3-1-2-11(8-13)4-5-12-9-15-14(6-7-18-15)16(19)10-12/h1-3,6-10,18-19H,4-5H2. The van der Waals surface area contributed by atoms with Gasteiger partial charge in [-0.05, 0) is 54.3 Å². The van der Waals surface area contributed by atoms with Gasteiger partial charge in [0.25, 0.3) is 0 Å². The summed E-state index contributed by atoms with van der Waals surface area (Å²) in [5.74, 6) is 0.333. The number of hydrogen-bond donors (Lipinski definition) is 2. The molecule has 3 aromatic rings. The number of phenols is 1. The number of hydrogen-bond acceptors (Lipinski definition) is 1. The molecule has 0 bridgehead atoms. The fraction of sp³-hybridized carbons (Fsp3) is 0.125. The predicted molar refractivity (Wildman–Crippen MR) is 78.8 cm³/mol. The number of aryl methyl sites for hydroxylation is 2. The number of nitrogens with one attached hydrogen (secondary N) is 1. The molecule has 0 amide bonds. The highest BCUT2D eigenvalue weighted by Gasteiger charge is 2.04. The Morgan fingerprint density at radius 3 is 2.68 bits per heavy atom. The first-order valence-electron chi connectivity index (χ1n) is 6.26. The highest BCUT2D eigenvalue weighted by molar-refractivity contribution is 6.30. The molecule has 0 spiro atoms. The van der Waals surface area contributed by atoms with Crippen LogP contribution in [0.5, 0.6) is 5.75 Å². The number of rotatable bonds is 3. The van der Waals surface area contributed by atoms with Gasteiger partial charge in [0.15, 0.2) is 0 Å². The van der Waals surface area contributed by atoms with Gasteiger partial charge in [0.2, 0.25) is 0 Å². The molecule has 2 nitrogen and oxygen atoms in total. The van der Waals surface area contributed by atoms with E-state index < -0.39 is 0 Å². The number of aromatic hydroxyl groups is 1. The first kappa shape index (κ1) is 12.1. The van der Waals surface area contributed by atoms with Crippen LogP contribution in [0.2, 0.25) is 5.02 Å². The first-order chi connectivity index (χ1) is 9.22. The van der Waals surface area contributed by atoms with E-state index in [2.05, 4.69) is 17.1 Å². The fourth-order valence-corrected chi connectivity index (χ4v) is 2.54. The van der Waals surface area contributed by atoms with Crippen LogP contribution in [-0.2, 0) is 12.8 Å². The molecule has 19 heavy (non-hydrogen) atoms. The molecule has 0 saturated heterocycles. The summed E-state index contributed by atoms with van der Waals surface area (Å²) >= 11 is 5.97. The first-order valence-corrected chi connectivity index (χ1v) is 6.63. The molecule has 2 aromatic carbocycles. The molecule has 0 fully saturated rings. The quantitative estimate of drug-likeness (QED) is 0.731. The molecule has 0 radical (unpaired) electrons. The largest absolute Gasteiger partial charge is 0.507 e. The Morgan fingerprint density at radius 1 is 1.00 bits per heavy atom. The third-order valence-electron chi connectivity index (χ3n) is 3.30. The summed E-state index contributed by atoms with van der Waals surface area (Å²) in [5.41, 5.74) is 3.30. The number of H-pyrrole nitrogens is 1. The number of aromatic nitrogens is 1. The number of halogens is 1. The second-order valence-electron chi connectivity index (χ2n) is 4.68. The van der Waals surface area contributed by atoms with Gasteiger partial charge in [-0.3, -0.25) is 0 Å². The summed E-state index contributed by atoms with van der Waals surface area (Å²) in [6.07, 6.45) is 3.63. The smallest absolute Gasteiger partial charge is 0.125 e. The van der Waals surface area contributed by atoms with Crippen molar-refractivity contribution in [3.05, 3.63) is 64.8 Å². The van der Waals surface area contributed by atoms with E-state index in [-0.39, 0.29) is 0 Å². The lowest BCUT2D eigenvalue weighted by Crippen LogP contribution is -1.91. The van der Waals surface area contributed by atoms with E-state index in [1.165, 1.54) is 5.56 Å². The molecule has 1 aromatic heterocycles. The molecule has 96 valence electrons. The molecule has 0 aliphatic carbocycles. The van der Waals surface area contributed by atoms with Crippen LogP contribution in [0.15, 0.2) is 48.7 Å². The lowest BCUT2D eigenvalue weighted by Gasteiger charge is -2.05. The molecule has 0 atom stereocenters. The lowest BCUT2D eigenvalue weighted by molar-refractivity contribution is 0.481. The molecule has 0 saturated carbocycles. The molecule has 1 heterocycles. The average Bonchev–Trinajstić information content (AvgIpc) is 2.85. The van der Waals surface area contributed by atoms with Gasteiger partial charge in [-0.1, -0.05) is 23.7 Å². The van der Waals surface area contributed by atoms with E-state index >= 15 is 0 Å². The van der Waals surface area contributed by atoms with Crippen LogP contribution in [0.3, 0.4) is 0 Å². The van der Waals surface area contributed by atoms with Crippen molar-refractivity contribution in [3.63, 3.8) is 0 Å². The third kappa shape index (κ3) is 2.59. The van der Waals surface area contributed by atoms with Crippen molar-refractivity contribution < 1.29 is 5.11 Å². The highest BCUT2D eigenvalue weighted by Crippen LogP contribution is 2.26. The summed E-state index contributed by atoms with van der Waals surface area (Å²) in [6, 6.07) is 13.7. The topological polar surface area (TPSA) is 36.0 Å². The van der Waals surface area contributed by atoms with Gasteiger partial charge in [-0.2, -0.15) is 0 Å². The molecule has 0 unspecified atom stereocenters. The summed E-state index contributed by atoms with van der Waals surface area (Å²) in [5, 5.41) is 11.6. The Balaban J connectivity index is 1.81. The number of aromatic amines is 1. The van der Waals surface area contributed by atoms with Crippen molar-refractivity contribution >= 4 is 22.5 Å². The van der Waals surface area contributed by atoms with Crippen LogP contribution >= 0.6 is 11.6 Å². The zero-order chi connectivity index (χ0) is 13.2. The number of fused-ring (bicyclic) bond motifs is 1. The molecular weight excluding hydrogens is 258 g/mol. The van der Waals surface area contributed by atoms with Gasteiger partial charge in [-0.25, -0.2) is 0 Å². The summed E-state index contributed by atoms with van der Waals surface area (Å²) in [6.45, 7) is 0. The van der Waals surface area contributed by atoms with Gasteiger partial charge in [0.1, 0.15) is 5.75 Å². The summed E-state index contributed by atoms with van der Waals surface area (Å²) in [7, 11) is 0. The van der Waals surface area contributed by atoms with Gasteiger partial charge in [-0.15, -0.1) is 0 Å². The number of benzene rings is 2. The number of phenolic OH excluding ortho intramolecular Hbond substituents is 1. The van der Waals surface area contributed by atoms with E-state index in [1.807, 2.05) is 36.5 Å².